The van der Waals surface area contributed by atoms with E-state index in [4.69, 9.17) is 0 Å². The summed E-state index contributed by atoms with van der Waals surface area (Å²) in [5, 5.41) is 2.48. The average molecular weight is 267 g/mol. The molecule has 1 atom stereocenters. The third-order valence-electron chi connectivity index (χ3n) is 2.80. The second-order valence-electron chi connectivity index (χ2n) is 4.05. The summed E-state index contributed by atoms with van der Waals surface area (Å²) in [6.07, 6.45) is 1.26. The van der Waals surface area contributed by atoms with Crippen molar-refractivity contribution in [1.29, 1.82) is 0 Å². The van der Waals surface area contributed by atoms with Crippen LogP contribution < -0.4 is 5.32 Å². The molecular formula is C13H18FN3O2. The van der Waals surface area contributed by atoms with E-state index in [2.05, 4.69) is 10.3 Å². The molecule has 0 aromatic carbocycles. The zero-order valence-electron chi connectivity index (χ0n) is 11.3. The maximum Gasteiger partial charge on any atom is 0.256 e. The Kier molecular flexibility index (Phi) is 5.41. The molecule has 5 nitrogen and oxygen atoms in total. The fourth-order valence-electron chi connectivity index (χ4n) is 1.70. The predicted octanol–water partition coefficient (Wildman–Crippen LogP) is 1.21. The van der Waals surface area contributed by atoms with Crippen LogP contribution in [0.4, 0.5) is 4.39 Å². The van der Waals surface area contributed by atoms with Gasteiger partial charge in [-0.15, -0.1) is 0 Å². The number of amides is 2. The van der Waals surface area contributed by atoms with E-state index in [-0.39, 0.29) is 11.5 Å². The lowest BCUT2D eigenvalue weighted by Crippen LogP contribution is -2.47. The van der Waals surface area contributed by atoms with E-state index in [0.717, 1.165) is 0 Å². The number of aromatic nitrogens is 1. The fraction of sp³-hybridized carbons (Fsp3) is 0.462. The quantitative estimate of drug-likeness (QED) is 0.816. The Balaban J connectivity index is 2.72. The molecule has 0 bridgehead atoms. The van der Waals surface area contributed by atoms with Crippen LogP contribution >= 0.6 is 0 Å². The molecule has 0 aliphatic rings. The molecule has 1 unspecified atom stereocenters. The van der Waals surface area contributed by atoms with Crippen LogP contribution in [0.15, 0.2) is 18.3 Å². The van der Waals surface area contributed by atoms with Gasteiger partial charge in [0, 0.05) is 19.3 Å². The van der Waals surface area contributed by atoms with E-state index >= 15 is 0 Å². The van der Waals surface area contributed by atoms with E-state index < -0.39 is 17.9 Å². The molecule has 0 saturated heterocycles. The third-order valence-corrected chi connectivity index (χ3v) is 2.80. The molecule has 6 heteroatoms. The molecule has 19 heavy (non-hydrogen) atoms. The Hall–Kier alpha value is -1.98. The summed E-state index contributed by atoms with van der Waals surface area (Å²) >= 11 is 0. The highest BCUT2D eigenvalue weighted by Gasteiger charge is 2.21. The van der Waals surface area contributed by atoms with Crippen molar-refractivity contribution in [1.82, 2.24) is 15.2 Å². The summed E-state index contributed by atoms with van der Waals surface area (Å²) in [5.74, 6) is -1.68. The lowest BCUT2D eigenvalue weighted by Gasteiger charge is -2.23. The second-order valence-corrected chi connectivity index (χ2v) is 4.05. The third kappa shape index (κ3) is 3.74. The minimum absolute atomic E-state index is 0.165. The lowest BCUT2D eigenvalue weighted by atomic mass is 10.2. The summed E-state index contributed by atoms with van der Waals surface area (Å²) in [7, 11) is 0. The molecule has 0 radical (unpaired) electrons. The highest BCUT2D eigenvalue weighted by Crippen LogP contribution is 2.04. The zero-order chi connectivity index (χ0) is 14.4. The number of carbonyl (C=O) groups excluding carboxylic acids is 2. The minimum atomic E-state index is -0.845. The van der Waals surface area contributed by atoms with Crippen molar-refractivity contribution in [3.05, 3.63) is 29.8 Å². The molecule has 1 heterocycles. The lowest BCUT2D eigenvalue weighted by molar-refractivity contribution is -0.132. The van der Waals surface area contributed by atoms with Gasteiger partial charge in [0.25, 0.3) is 5.91 Å². The van der Waals surface area contributed by atoms with Gasteiger partial charge in [0.1, 0.15) is 6.04 Å². The van der Waals surface area contributed by atoms with Crippen molar-refractivity contribution in [2.45, 2.75) is 26.8 Å². The first-order valence-corrected chi connectivity index (χ1v) is 6.21. The zero-order valence-corrected chi connectivity index (χ0v) is 11.3. The Labute approximate surface area is 111 Å². The van der Waals surface area contributed by atoms with Crippen LogP contribution in [0.5, 0.6) is 0 Å². The topological polar surface area (TPSA) is 62.3 Å². The van der Waals surface area contributed by atoms with Crippen molar-refractivity contribution in [3.63, 3.8) is 0 Å². The number of hydrogen-bond acceptors (Lipinski definition) is 3. The van der Waals surface area contributed by atoms with Crippen molar-refractivity contribution in [2.24, 2.45) is 0 Å². The average Bonchev–Trinajstić information content (AvgIpc) is 2.40. The molecule has 2 amide bonds. The normalized spacial score (nSPS) is 11.8. The van der Waals surface area contributed by atoms with Gasteiger partial charge in [-0.3, -0.25) is 9.59 Å². The molecular weight excluding hydrogens is 249 g/mol. The summed E-state index contributed by atoms with van der Waals surface area (Å²) in [4.78, 5) is 28.8. The molecule has 0 fully saturated rings. The SMILES string of the molecule is CCN(CC)C(=O)C(C)NC(=O)c1cccnc1F. The maximum atomic E-state index is 13.3. The van der Waals surface area contributed by atoms with Crippen LogP contribution in [0, 0.1) is 5.95 Å². The largest absolute Gasteiger partial charge is 0.341 e. The van der Waals surface area contributed by atoms with Crippen molar-refractivity contribution >= 4 is 11.8 Å². The Morgan fingerprint density at radius 2 is 2.05 bits per heavy atom. The Morgan fingerprint density at radius 1 is 1.42 bits per heavy atom. The Morgan fingerprint density at radius 3 is 2.58 bits per heavy atom. The fourth-order valence-corrected chi connectivity index (χ4v) is 1.70. The van der Waals surface area contributed by atoms with Gasteiger partial charge < -0.3 is 10.2 Å². The van der Waals surface area contributed by atoms with Crippen LogP contribution in [0.1, 0.15) is 31.1 Å². The van der Waals surface area contributed by atoms with E-state index in [1.54, 1.807) is 11.8 Å². The number of likely N-dealkylation sites (N-methyl/N-ethyl adjacent to an activating group) is 1. The smallest absolute Gasteiger partial charge is 0.256 e. The van der Waals surface area contributed by atoms with E-state index in [1.807, 2.05) is 13.8 Å². The van der Waals surface area contributed by atoms with Crippen molar-refractivity contribution in [3.8, 4) is 0 Å². The number of halogens is 1. The van der Waals surface area contributed by atoms with Gasteiger partial charge >= 0.3 is 0 Å². The Bertz CT molecular complexity index is 461. The predicted molar refractivity (Wildman–Crippen MR) is 69.1 cm³/mol. The summed E-state index contributed by atoms with van der Waals surface area (Å²) in [6.45, 7) is 6.42. The molecule has 0 aliphatic heterocycles. The molecule has 0 aliphatic carbocycles. The van der Waals surface area contributed by atoms with E-state index in [0.29, 0.717) is 13.1 Å². The first-order valence-electron chi connectivity index (χ1n) is 6.21. The standard InChI is InChI=1S/C13H18FN3O2/c1-4-17(5-2)13(19)9(3)16-12(18)10-7-6-8-15-11(10)14/h6-9H,4-5H2,1-3H3,(H,16,18). The van der Waals surface area contributed by atoms with Gasteiger partial charge in [0.15, 0.2) is 0 Å². The molecule has 104 valence electrons. The summed E-state index contributed by atoms with van der Waals surface area (Å²) in [5.41, 5.74) is -0.165. The van der Waals surface area contributed by atoms with Crippen LogP contribution in [0.25, 0.3) is 0 Å². The molecule has 1 aromatic heterocycles. The van der Waals surface area contributed by atoms with E-state index in [9.17, 15) is 14.0 Å². The van der Waals surface area contributed by atoms with Crippen LogP contribution in [-0.2, 0) is 4.79 Å². The summed E-state index contributed by atoms with van der Waals surface area (Å²) < 4.78 is 13.3. The number of carbonyl (C=O) groups is 2. The number of rotatable bonds is 5. The van der Waals surface area contributed by atoms with E-state index in [1.165, 1.54) is 18.3 Å². The molecule has 0 spiro atoms. The van der Waals surface area contributed by atoms with Gasteiger partial charge in [-0.1, -0.05) is 0 Å². The van der Waals surface area contributed by atoms with Crippen molar-refractivity contribution < 1.29 is 14.0 Å². The highest BCUT2D eigenvalue weighted by atomic mass is 19.1. The molecule has 1 aromatic rings. The van der Waals surface area contributed by atoms with Gasteiger partial charge in [0.05, 0.1) is 5.56 Å². The number of nitrogens with one attached hydrogen (secondary N) is 1. The first-order chi connectivity index (χ1) is 9.01. The van der Waals surface area contributed by atoms with Crippen LogP contribution in [0.2, 0.25) is 0 Å². The minimum Gasteiger partial charge on any atom is -0.341 e. The van der Waals surface area contributed by atoms with Crippen molar-refractivity contribution in [2.75, 3.05) is 13.1 Å². The number of hydrogen-bond donors (Lipinski definition) is 1. The number of nitrogens with zero attached hydrogens (tertiary/aromatic N) is 2. The highest BCUT2D eigenvalue weighted by molar-refractivity contribution is 5.97. The van der Waals surface area contributed by atoms with Gasteiger partial charge in [-0.25, -0.2) is 4.98 Å². The maximum absolute atomic E-state index is 13.3. The first kappa shape index (κ1) is 15.1. The molecule has 1 rings (SSSR count). The van der Waals surface area contributed by atoms with Crippen LogP contribution in [-0.4, -0.2) is 40.8 Å². The summed E-state index contributed by atoms with van der Waals surface area (Å²) in [6, 6.07) is 2.09. The second kappa shape index (κ2) is 6.82. The van der Waals surface area contributed by atoms with Gasteiger partial charge in [0.2, 0.25) is 11.9 Å². The molecule has 0 saturated carbocycles. The van der Waals surface area contributed by atoms with Gasteiger partial charge in [-0.05, 0) is 32.9 Å². The molecule has 1 N–H and O–H groups in total. The monoisotopic (exact) mass is 267 g/mol. The van der Waals surface area contributed by atoms with Gasteiger partial charge in [-0.2, -0.15) is 4.39 Å². The number of pyridine rings is 1. The van der Waals surface area contributed by atoms with Crippen LogP contribution in [0.3, 0.4) is 0 Å².